The second kappa shape index (κ2) is 5.18. The molecule has 1 heterocycles. The van der Waals surface area contributed by atoms with Gasteiger partial charge in [0.1, 0.15) is 17.6 Å². The van der Waals surface area contributed by atoms with Gasteiger partial charge in [-0.15, -0.1) is 0 Å². The van der Waals surface area contributed by atoms with E-state index in [0.717, 1.165) is 11.3 Å². The molecule has 2 aromatic rings. The van der Waals surface area contributed by atoms with E-state index in [-0.39, 0.29) is 17.8 Å². The maximum Gasteiger partial charge on any atom is 0.247 e. The van der Waals surface area contributed by atoms with Gasteiger partial charge in [-0.3, -0.25) is 4.79 Å². The van der Waals surface area contributed by atoms with Crippen LogP contribution in [0.15, 0.2) is 48.5 Å². The first-order valence-electron chi connectivity index (χ1n) is 6.60. The first-order chi connectivity index (χ1) is 10.1. The predicted octanol–water partition coefficient (Wildman–Crippen LogP) is 2.25. The van der Waals surface area contributed by atoms with Gasteiger partial charge in [-0.05, 0) is 35.9 Å². The van der Waals surface area contributed by atoms with Crippen LogP contribution in [0.3, 0.4) is 0 Å². The highest BCUT2D eigenvalue weighted by atomic mass is 19.1. The lowest BCUT2D eigenvalue weighted by Crippen LogP contribution is -2.63. The molecule has 4 nitrogen and oxygen atoms in total. The number of hydrogen-bond acceptors (Lipinski definition) is 3. The molecule has 0 bridgehead atoms. The summed E-state index contributed by atoms with van der Waals surface area (Å²) < 4.78 is 18.5. The Balaban J connectivity index is 1.94. The molecule has 0 saturated carbocycles. The molecule has 0 radical (unpaired) electrons. The van der Waals surface area contributed by atoms with Crippen molar-refractivity contribution in [3.8, 4) is 5.75 Å². The summed E-state index contributed by atoms with van der Waals surface area (Å²) in [5.74, 6) is 0.144. The van der Waals surface area contributed by atoms with E-state index < -0.39 is 6.04 Å². The number of anilines is 1. The van der Waals surface area contributed by atoms with E-state index in [9.17, 15) is 9.18 Å². The molecular formula is C16H15FN2O2. The lowest BCUT2D eigenvalue weighted by Gasteiger charge is -2.45. The molecule has 2 N–H and O–H groups in total. The molecular weight excluding hydrogens is 271 g/mol. The second-order valence-electron chi connectivity index (χ2n) is 4.93. The zero-order valence-electron chi connectivity index (χ0n) is 11.5. The van der Waals surface area contributed by atoms with Crippen LogP contribution in [0.2, 0.25) is 0 Å². The summed E-state index contributed by atoms with van der Waals surface area (Å²) in [6, 6.07) is 12.4. The van der Waals surface area contributed by atoms with Gasteiger partial charge in [-0.25, -0.2) is 4.39 Å². The maximum absolute atomic E-state index is 13.4. The molecule has 3 rings (SSSR count). The van der Waals surface area contributed by atoms with Crippen molar-refractivity contribution in [1.82, 2.24) is 0 Å². The molecule has 1 amide bonds. The largest absolute Gasteiger partial charge is 0.497 e. The topological polar surface area (TPSA) is 55.6 Å². The summed E-state index contributed by atoms with van der Waals surface area (Å²) in [6.07, 6.45) is 0. The van der Waals surface area contributed by atoms with Crippen LogP contribution in [0, 0.1) is 5.82 Å². The van der Waals surface area contributed by atoms with Crippen molar-refractivity contribution in [1.29, 1.82) is 0 Å². The normalized spacial score (nSPS) is 21.1. The highest BCUT2D eigenvalue weighted by Gasteiger charge is 2.46. The molecule has 0 spiro atoms. The number of β-lactam (4-membered cyclic amide) rings is 1. The monoisotopic (exact) mass is 286 g/mol. The second-order valence-corrected chi connectivity index (χ2v) is 4.93. The van der Waals surface area contributed by atoms with Gasteiger partial charge in [0, 0.05) is 5.69 Å². The van der Waals surface area contributed by atoms with E-state index in [1.807, 2.05) is 24.3 Å². The van der Waals surface area contributed by atoms with E-state index in [2.05, 4.69) is 0 Å². The Hall–Kier alpha value is -2.40. The number of carbonyl (C=O) groups excluding carboxylic acids is 1. The third-order valence-corrected chi connectivity index (χ3v) is 3.68. The Morgan fingerprint density at radius 3 is 2.52 bits per heavy atom. The highest BCUT2D eigenvalue weighted by Crippen LogP contribution is 2.38. The molecule has 1 fully saturated rings. The average molecular weight is 286 g/mol. The summed E-state index contributed by atoms with van der Waals surface area (Å²) in [6.45, 7) is 0. The Labute approximate surface area is 121 Å². The van der Waals surface area contributed by atoms with Gasteiger partial charge in [0.05, 0.1) is 13.2 Å². The van der Waals surface area contributed by atoms with E-state index in [1.165, 1.54) is 17.0 Å². The van der Waals surface area contributed by atoms with Gasteiger partial charge in [-0.1, -0.05) is 18.2 Å². The minimum Gasteiger partial charge on any atom is -0.497 e. The molecule has 1 aliphatic heterocycles. The molecule has 2 atom stereocenters. The number of halogens is 1. The standard InChI is InChI=1S/C16H15FN2O2/c1-21-13-7-5-10(6-8-13)15-14(18)16(20)19(15)12-4-2-3-11(17)9-12/h2-9,14-15H,18H2,1H3/t14-,15+/m0/s1. The van der Waals surface area contributed by atoms with Crippen LogP contribution in [-0.4, -0.2) is 19.1 Å². The lowest BCUT2D eigenvalue weighted by atomic mass is 9.88. The number of nitrogens with zero attached hydrogens (tertiary/aromatic N) is 1. The molecule has 0 aromatic heterocycles. The van der Waals surface area contributed by atoms with Crippen molar-refractivity contribution in [2.75, 3.05) is 12.0 Å². The van der Waals surface area contributed by atoms with E-state index in [1.54, 1.807) is 19.2 Å². The van der Waals surface area contributed by atoms with Crippen LogP contribution in [0.25, 0.3) is 0 Å². The van der Waals surface area contributed by atoms with Crippen molar-refractivity contribution in [3.05, 3.63) is 59.9 Å². The fourth-order valence-corrected chi connectivity index (χ4v) is 2.58. The van der Waals surface area contributed by atoms with Crippen molar-refractivity contribution in [3.63, 3.8) is 0 Å². The fraction of sp³-hybridized carbons (Fsp3) is 0.188. The molecule has 108 valence electrons. The number of rotatable bonds is 3. The van der Waals surface area contributed by atoms with Gasteiger partial charge in [-0.2, -0.15) is 0 Å². The van der Waals surface area contributed by atoms with Crippen molar-refractivity contribution < 1.29 is 13.9 Å². The van der Waals surface area contributed by atoms with Crippen LogP contribution in [0.1, 0.15) is 11.6 Å². The Kier molecular flexibility index (Phi) is 3.35. The Bertz CT molecular complexity index is 672. The number of amides is 1. The minimum absolute atomic E-state index is 0.207. The summed E-state index contributed by atoms with van der Waals surface area (Å²) >= 11 is 0. The van der Waals surface area contributed by atoms with Crippen LogP contribution in [-0.2, 0) is 4.79 Å². The smallest absolute Gasteiger partial charge is 0.247 e. The van der Waals surface area contributed by atoms with E-state index >= 15 is 0 Å². The lowest BCUT2D eigenvalue weighted by molar-refractivity contribution is -0.126. The fourth-order valence-electron chi connectivity index (χ4n) is 2.58. The average Bonchev–Trinajstić information content (AvgIpc) is 2.51. The number of nitrogens with two attached hydrogens (primary N) is 1. The first-order valence-corrected chi connectivity index (χ1v) is 6.60. The van der Waals surface area contributed by atoms with Gasteiger partial charge in [0.15, 0.2) is 0 Å². The quantitative estimate of drug-likeness (QED) is 0.880. The first kappa shape index (κ1) is 13.6. The molecule has 21 heavy (non-hydrogen) atoms. The molecule has 2 aromatic carbocycles. The number of hydrogen-bond donors (Lipinski definition) is 1. The molecule has 1 aliphatic rings. The van der Waals surface area contributed by atoms with Gasteiger partial charge in [0.25, 0.3) is 0 Å². The van der Waals surface area contributed by atoms with Crippen LogP contribution in [0.4, 0.5) is 10.1 Å². The number of ether oxygens (including phenoxy) is 1. The predicted molar refractivity (Wildman–Crippen MR) is 77.6 cm³/mol. The zero-order valence-corrected chi connectivity index (χ0v) is 11.5. The summed E-state index contributed by atoms with van der Waals surface area (Å²) in [4.78, 5) is 13.6. The van der Waals surface area contributed by atoms with Gasteiger partial charge < -0.3 is 15.4 Å². The minimum atomic E-state index is -0.610. The Morgan fingerprint density at radius 1 is 1.19 bits per heavy atom. The maximum atomic E-state index is 13.4. The van der Waals surface area contributed by atoms with Gasteiger partial charge >= 0.3 is 0 Å². The van der Waals surface area contributed by atoms with Crippen LogP contribution < -0.4 is 15.4 Å². The van der Waals surface area contributed by atoms with Crippen molar-refractivity contribution in [2.45, 2.75) is 12.1 Å². The molecule has 1 saturated heterocycles. The summed E-state index contributed by atoms with van der Waals surface area (Å²) in [5, 5.41) is 0. The SMILES string of the molecule is COc1ccc([C@@H]2[C@H](N)C(=O)N2c2cccc(F)c2)cc1. The summed E-state index contributed by atoms with van der Waals surface area (Å²) in [5.41, 5.74) is 7.33. The molecule has 5 heteroatoms. The third-order valence-electron chi connectivity index (χ3n) is 3.68. The number of benzene rings is 2. The third kappa shape index (κ3) is 2.25. The molecule has 0 aliphatic carbocycles. The summed E-state index contributed by atoms with van der Waals surface area (Å²) in [7, 11) is 1.59. The van der Waals surface area contributed by atoms with Crippen LogP contribution >= 0.6 is 0 Å². The van der Waals surface area contributed by atoms with Crippen molar-refractivity contribution >= 4 is 11.6 Å². The number of methoxy groups -OCH3 is 1. The van der Waals surface area contributed by atoms with Crippen LogP contribution in [0.5, 0.6) is 5.75 Å². The van der Waals surface area contributed by atoms with E-state index in [0.29, 0.717) is 5.69 Å². The van der Waals surface area contributed by atoms with E-state index in [4.69, 9.17) is 10.5 Å². The number of carbonyl (C=O) groups is 1. The molecule has 0 unspecified atom stereocenters. The van der Waals surface area contributed by atoms with Gasteiger partial charge in [0.2, 0.25) is 5.91 Å². The highest BCUT2D eigenvalue weighted by molar-refractivity contribution is 6.05. The zero-order chi connectivity index (χ0) is 15.0. The van der Waals surface area contributed by atoms with Crippen molar-refractivity contribution in [2.24, 2.45) is 5.73 Å². The Morgan fingerprint density at radius 2 is 1.90 bits per heavy atom.